The quantitative estimate of drug-likeness (QED) is 0.680. The smallest absolute Gasteiger partial charge is 0.213 e. The first kappa shape index (κ1) is 16.3. The van der Waals surface area contributed by atoms with Crippen LogP contribution in [0.25, 0.3) is 22.2 Å². The summed E-state index contributed by atoms with van der Waals surface area (Å²) in [5.74, 6) is 0. The number of pyridine rings is 1. The van der Waals surface area contributed by atoms with Crippen molar-refractivity contribution in [2.45, 2.75) is 6.92 Å². The Balaban J connectivity index is 2.31. The Hall–Kier alpha value is -2.55. The monoisotopic (exact) mass is 320 g/mol. The number of para-hydroxylation sites is 1. The van der Waals surface area contributed by atoms with Gasteiger partial charge in [0.25, 0.3) is 0 Å². The highest BCUT2D eigenvalue weighted by Gasteiger charge is 2.19. The summed E-state index contributed by atoms with van der Waals surface area (Å²) in [5, 5.41) is 1.26. The minimum atomic E-state index is 1.22. The van der Waals surface area contributed by atoms with E-state index in [2.05, 4.69) is 105 Å². The van der Waals surface area contributed by atoms with Gasteiger partial charge < -0.3 is 9.80 Å². The van der Waals surface area contributed by atoms with Crippen molar-refractivity contribution in [1.82, 2.24) is 0 Å². The zero-order chi connectivity index (χ0) is 17.4. The number of hydrogen-bond acceptors (Lipinski definition) is 2. The minimum absolute atomic E-state index is 1.22. The molecule has 0 amide bonds. The number of aromatic nitrogens is 1. The molecule has 24 heavy (non-hydrogen) atoms. The molecule has 0 N–H and O–H groups in total. The molecule has 0 bridgehead atoms. The van der Waals surface area contributed by atoms with E-state index in [1.807, 2.05) is 0 Å². The number of hydrogen-bond donors (Lipinski definition) is 0. The van der Waals surface area contributed by atoms with Crippen LogP contribution in [0.5, 0.6) is 0 Å². The number of nitrogens with zero attached hydrogens (tertiary/aromatic N) is 3. The van der Waals surface area contributed by atoms with Crippen molar-refractivity contribution in [3.63, 3.8) is 0 Å². The summed E-state index contributed by atoms with van der Waals surface area (Å²) in [6.45, 7) is 2.21. The highest BCUT2D eigenvalue weighted by atomic mass is 15.1. The molecular formula is C21H26N3+. The zero-order valence-corrected chi connectivity index (χ0v) is 15.5. The molecule has 1 heterocycles. The lowest BCUT2D eigenvalue weighted by atomic mass is 10.00. The topological polar surface area (TPSA) is 10.4 Å². The van der Waals surface area contributed by atoms with E-state index in [1.165, 1.54) is 39.1 Å². The lowest BCUT2D eigenvalue weighted by Crippen LogP contribution is -2.32. The SMILES string of the molecule is Cc1c(-c2ccc3ccccc3[n+]2C)cc(N(C)C)cc1N(C)C. The molecule has 0 saturated heterocycles. The van der Waals surface area contributed by atoms with Crippen molar-refractivity contribution >= 4 is 22.3 Å². The Labute approximate surface area is 144 Å². The summed E-state index contributed by atoms with van der Waals surface area (Å²) in [5.41, 5.74) is 7.53. The molecule has 1 aromatic heterocycles. The Morgan fingerprint density at radius 1 is 0.833 bits per heavy atom. The Bertz CT molecular complexity index is 895. The van der Waals surface area contributed by atoms with Gasteiger partial charge in [-0.05, 0) is 36.8 Å². The molecule has 3 aromatic rings. The standard InChI is InChI=1S/C21H26N3/c1-15-18(13-17(22(2)3)14-21(15)23(4)5)20-12-11-16-9-7-8-10-19(16)24(20)6/h7-14H,1-6H3/q+1. The summed E-state index contributed by atoms with van der Waals surface area (Å²) >= 11 is 0. The van der Waals surface area contributed by atoms with Crippen molar-refractivity contribution in [3.05, 3.63) is 54.1 Å². The Morgan fingerprint density at radius 2 is 1.54 bits per heavy atom. The molecule has 0 fully saturated rings. The summed E-state index contributed by atoms with van der Waals surface area (Å²) in [6.07, 6.45) is 0. The van der Waals surface area contributed by atoms with Gasteiger partial charge in [-0.25, -0.2) is 0 Å². The molecule has 2 aromatic carbocycles. The predicted octanol–water partition coefficient (Wildman–Crippen LogP) is 3.77. The molecular weight excluding hydrogens is 294 g/mol. The van der Waals surface area contributed by atoms with Crippen LogP contribution in [0.3, 0.4) is 0 Å². The Kier molecular flexibility index (Phi) is 4.18. The number of aryl methyl sites for hydroxylation is 1. The minimum Gasteiger partial charge on any atom is -0.378 e. The predicted molar refractivity (Wildman–Crippen MR) is 104 cm³/mol. The summed E-state index contributed by atoms with van der Waals surface area (Å²) in [4.78, 5) is 4.35. The van der Waals surface area contributed by atoms with Gasteiger partial charge in [0, 0.05) is 57.1 Å². The van der Waals surface area contributed by atoms with E-state index in [0.29, 0.717) is 0 Å². The second-order valence-electron chi connectivity index (χ2n) is 6.76. The fourth-order valence-corrected chi connectivity index (χ4v) is 3.29. The third kappa shape index (κ3) is 2.71. The highest BCUT2D eigenvalue weighted by Crippen LogP contribution is 2.33. The molecule has 3 heteroatoms. The van der Waals surface area contributed by atoms with Crippen LogP contribution in [0.1, 0.15) is 5.56 Å². The van der Waals surface area contributed by atoms with Gasteiger partial charge in [-0.2, -0.15) is 4.57 Å². The van der Waals surface area contributed by atoms with Gasteiger partial charge >= 0.3 is 0 Å². The number of fused-ring (bicyclic) bond motifs is 1. The zero-order valence-electron chi connectivity index (χ0n) is 15.5. The first-order valence-electron chi connectivity index (χ1n) is 8.27. The summed E-state index contributed by atoms with van der Waals surface area (Å²) in [6, 6.07) is 17.5. The summed E-state index contributed by atoms with van der Waals surface area (Å²) < 4.78 is 2.29. The fraction of sp³-hybridized carbons (Fsp3) is 0.286. The number of benzene rings is 2. The average Bonchev–Trinajstić information content (AvgIpc) is 2.55. The van der Waals surface area contributed by atoms with Crippen LogP contribution in [0.2, 0.25) is 0 Å². The van der Waals surface area contributed by atoms with Crippen LogP contribution < -0.4 is 14.4 Å². The second kappa shape index (κ2) is 6.16. The molecule has 0 atom stereocenters. The van der Waals surface area contributed by atoms with E-state index >= 15 is 0 Å². The van der Waals surface area contributed by atoms with Crippen LogP contribution >= 0.6 is 0 Å². The van der Waals surface area contributed by atoms with E-state index in [-0.39, 0.29) is 0 Å². The van der Waals surface area contributed by atoms with Crippen LogP contribution in [-0.4, -0.2) is 28.2 Å². The van der Waals surface area contributed by atoms with E-state index in [0.717, 1.165) is 0 Å². The van der Waals surface area contributed by atoms with Crippen LogP contribution in [0.15, 0.2) is 48.5 Å². The number of rotatable bonds is 3. The molecule has 0 unspecified atom stereocenters. The maximum absolute atomic E-state index is 2.29. The molecule has 0 aliphatic rings. The highest BCUT2D eigenvalue weighted by molar-refractivity contribution is 5.81. The van der Waals surface area contributed by atoms with E-state index in [1.54, 1.807) is 0 Å². The number of anilines is 2. The molecule has 0 aliphatic carbocycles. The molecule has 3 rings (SSSR count). The molecule has 3 nitrogen and oxygen atoms in total. The van der Waals surface area contributed by atoms with E-state index in [9.17, 15) is 0 Å². The van der Waals surface area contributed by atoms with Crippen molar-refractivity contribution in [3.8, 4) is 11.3 Å². The summed E-state index contributed by atoms with van der Waals surface area (Å²) in [7, 11) is 10.5. The molecule has 0 aliphatic heterocycles. The van der Waals surface area contributed by atoms with Crippen LogP contribution in [0, 0.1) is 6.92 Å². The Morgan fingerprint density at radius 3 is 2.21 bits per heavy atom. The average molecular weight is 320 g/mol. The largest absolute Gasteiger partial charge is 0.378 e. The van der Waals surface area contributed by atoms with E-state index < -0.39 is 0 Å². The second-order valence-corrected chi connectivity index (χ2v) is 6.76. The molecule has 0 spiro atoms. The van der Waals surface area contributed by atoms with Crippen molar-refractivity contribution in [2.75, 3.05) is 38.0 Å². The normalized spacial score (nSPS) is 10.9. The van der Waals surface area contributed by atoms with Gasteiger partial charge in [-0.1, -0.05) is 12.1 Å². The van der Waals surface area contributed by atoms with Crippen molar-refractivity contribution < 1.29 is 4.57 Å². The van der Waals surface area contributed by atoms with Crippen LogP contribution in [-0.2, 0) is 7.05 Å². The molecule has 124 valence electrons. The van der Waals surface area contributed by atoms with Crippen molar-refractivity contribution in [2.24, 2.45) is 7.05 Å². The van der Waals surface area contributed by atoms with Gasteiger partial charge in [0.2, 0.25) is 11.2 Å². The molecule has 0 saturated carbocycles. The van der Waals surface area contributed by atoms with Gasteiger partial charge in [0.15, 0.2) is 0 Å². The van der Waals surface area contributed by atoms with Gasteiger partial charge in [0.05, 0.1) is 5.56 Å². The van der Waals surface area contributed by atoms with E-state index in [4.69, 9.17) is 0 Å². The lowest BCUT2D eigenvalue weighted by Gasteiger charge is -2.22. The maximum Gasteiger partial charge on any atom is 0.213 e. The first-order valence-corrected chi connectivity index (χ1v) is 8.27. The molecule has 0 radical (unpaired) electrons. The van der Waals surface area contributed by atoms with Gasteiger partial charge in [0.1, 0.15) is 7.05 Å². The van der Waals surface area contributed by atoms with Crippen molar-refractivity contribution in [1.29, 1.82) is 0 Å². The third-order valence-electron chi connectivity index (χ3n) is 4.72. The lowest BCUT2D eigenvalue weighted by molar-refractivity contribution is -0.633. The third-order valence-corrected chi connectivity index (χ3v) is 4.72. The van der Waals surface area contributed by atoms with Gasteiger partial charge in [-0.3, -0.25) is 0 Å². The van der Waals surface area contributed by atoms with Crippen LogP contribution in [0.4, 0.5) is 11.4 Å². The maximum atomic E-state index is 2.29. The fourth-order valence-electron chi connectivity index (χ4n) is 3.29. The van der Waals surface area contributed by atoms with Gasteiger partial charge in [-0.15, -0.1) is 0 Å². The first-order chi connectivity index (χ1) is 11.4.